The SMILES string of the molecule is Cc1cc(Cl)nc(Cl)c1NCc1ccc2ccccc2c1. The minimum atomic E-state index is 0.404. The first-order valence-corrected chi connectivity index (χ1v) is 7.43. The molecule has 3 rings (SSSR count). The molecule has 0 spiro atoms. The van der Waals surface area contributed by atoms with Gasteiger partial charge in [-0.25, -0.2) is 4.98 Å². The number of rotatable bonds is 3. The summed E-state index contributed by atoms with van der Waals surface area (Å²) >= 11 is 12.0. The number of aromatic nitrogens is 1. The zero-order valence-electron chi connectivity index (χ0n) is 11.5. The first kappa shape index (κ1) is 14.2. The number of pyridine rings is 1. The summed E-state index contributed by atoms with van der Waals surface area (Å²) in [4.78, 5) is 4.06. The van der Waals surface area contributed by atoms with Crippen LogP contribution in [0.3, 0.4) is 0 Å². The first-order valence-electron chi connectivity index (χ1n) is 6.68. The van der Waals surface area contributed by atoms with Gasteiger partial charge < -0.3 is 5.32 Å². The van der Waals surface area contributed by atoms with Crippen LogP contribution in [-0.4, -0.2) is 4.98 Å². The number of nitrogens with zero attached hydrogens (tertiary/aromatic N) is 1. The molecule has 3 aromatic rings. The van der Waals surface area contributed by atoms with Gasteiger partial charge in [0.05, 0.1) is 5.69 Å². The summed E-state index contributed by atoms with van der Waals surface area (Å²) in [5.74, 6) is 0. The molecule has 0 aliphatic heterocycles. The van der Waals surface area contributed by atoms with Gasteiger partial charge >= 0.3 is 0 Å². The van der Waals surface area contributed by atoms with Crippen molar-refractivity contribution in [3.63, 3.8) is 0 Å². The van der Waals surface area contributed by atoms with E-state index in [1.807, 2.05) is 19.1 Å². The van der Waals surface area contributed by atoms with Crippen LogP contribution in [0.5, 0.6) is 0 Å². The lowest BCUT2D eigenvalue weighted by Gasteiger charge is -2.12. The molecule has 0 aliphatic rings. The standard InChI is InChI=1S/C17H14Cl2N2/c1-11-8-15(18)21-17(19)16(11)20-10-12-6-7-13-4-2-3-5-14(13)9-12/h2-9,20H,10H2,1H3. The van der Waals surface area contributed by atoms with Crippen molar-refractivity contribution >= 4 is 39.7 Å². The van der Waals surface area contributed by atoms with Gasteiger partial charge in [-0.15, -0.1) is 0 Å². The molecule has 106 valence electrons. The molecule has 0 atom stereocenters. The van der Waals surface area contributed by atoms with E-state index < -0.39 is 0 Å². The second-order valence-corrected chi connectivity index (χ2v) is 5.71. The van der Waals surface area contributed by atoms with E-state index in [9.17, 15) is 0 Å². The largest absolute Gasteiger partial charge is 0.378 e. The molecular weight excluding hydrogens is 303 g/mol. The lowest BCUT2D eigenvalue weighted by Crippen LogP contribution is -2.03. The molecule has 0 amide bonds. The van der Waals surface area contributed by atoms with Crippen molar-refractivity contribution in [1.29, 1.82) is 0 Å². The minimum absolute atomic E-state index is 0.404. The predicted octanol–water partition coefficient (Wildman–Crippen LogP) is 5.46. The Balaban J connectivity index is 1.83. The van der Waals surface area contributed by atoms with Crippen molar-refractivity contribution in [2.45, 2.75) is 13.5 Å². The molecule has 0 unspecified atom stereocenters. The maximum Gasteiger partial charge on any atom is 0.154 e. The maximum absolute atomic E-state index is 6.14. The van der Waals surface area contributed by atoms with E-state index in [4.69, 9.17) is 23.2 Å². The first-order chi connectivity index (χ1) is 10.1. The molecule has 0 saturated heterocycles. The number of benzene rings is 2. The number of fused-ring (bicyclic) bond motifs is 1. The van der Waals surface area contributed by atoms with E-state index in [1.54, 1.807) is 6.07 Å². The highest BCUT2D eigenvalue weighted by atomic mass is 35.5. The normalized spacial score (nSPS) is 10.8. The molecule has 4 heteroatoms. The zero-order chi connectivity index (χ0) is 14.8. The minimum Gasteiger partial charge on any atom is -0.378 e. The van der Waals surface area contributed by atoms with E-state index in [2.05, 4.69) is 40.6 Å². The van der Waals surface area contributed by atoms with Gasteiger partial charge in [-0.3, -0.25) is 0 Å². The van der Waals surface area contributed by atoms with Crippen LogP contribution < -0.4 is 5.32 Å². The Hall–Kier alpha value is -1.77. The van der Waals surface area contributed by atoms with Crippen LogP contribution in [0.1, 0.15) is 11.1 Å². The van der Waals surface area contributed by atoms with Crippen molar-refractivity contribution in [1.82, 2.24) is 4.98 Å². The molecule has 1 heterocycles. The van der Waals surface area contributed by atoms with Gasteiger partial charge in [0.1, 0.15) is 5.15 Å². The Labute approximate surface area is 133 Å². The fraction of sp³-hybridized carbons (Fsp3) is 0.118. The van der Waals surface area contributed by atoms with E-state index in [0.29, 0.717) is 16.9 Å². The lowest BCUT2D eigenvalue weighted by molar-refractivity contribution is 1.13. The Bertz CT molecular complexity index is 777. The van der Waals surface area contributed by atoms with Crippen molar-refractivity contribution in [3.05, 3.63) is 70.0 Å². The van der Waals surface area contributed by atoms with Crippen molar-refractivity contribution < 1.29 is 0 Å². The Morgan fingerprint density at radius 3 is 2.52 bits per heavy atom. The molecule has 0 bridgehead atoms. The number of hydrogen-bond donors (Lipinski definition) is 1. The highest BCUT2D eigenvalue weighted by Gasteiger charge is 2.07. The second kappa shape index (κ2) is 5.92. The Morgan fingerprint density at radius 2 is 1.76 bits per heavy atom. The van der Waals surface area contributed by atoms with Crippen LogP contribution in [0, 0.1) is 6.92 Å². The van der Waals surface area contributed by atoms with E-state index in [1.165, 1.54) is 16.3 Å². The summed E-state index contributed by atoms with van der Waals surface area (Å²) in [5, 5.41) is 6.62. The van der Waals surface area contributed by atoms with Crippen molar-refractivity contribution in [2.24, 2.45) is 0 Å². The third kappa shape index (κ3) is 3.12. The molecular formula is C17H14Cl2N2. The molecule has 0 fully saturated rings. The molecule has 2 aromatic carbocycles. The molecule has 0 saturated carbocycles. The highest BCUT2D eigenvalue weighted by Crippen LogP contribution is 2.27. The van der Waals surface area contributed by atoms with Crippen LogP contribution >= 0.6 is 23.2 Å². The van der Waals surface area contributed by atoms with Crippen molar-refractivity contribution in [3.8, 4) is 0 Å². The average molecular weight is 317 g/mol. The number of halogens is 2. The summed E-state index contributed by atoms with van der Waals surface area (Å²) in [6.45, 7) is 2.65. The summed E-state index contributed by atoms with van der Waals surface area (Å²) in [7, 11) is 0. The van der Waals surface area contributed by atoms with E-state index in [0.717, 1.165) is 11.3 Å². The number of nitrogens with one attached hydrogen (secondary N) is 1. The summed E-state index contributed by atoms with van der Waals surface area (Å²) in [6, 6.07) is 16.5. The van der Waals surface area contributed by atoms with E-state index >= 15 is 0 Å². The third-order valence-corrected chi connectivity index (χ3v) is 3.89. The summed E-state index contributed by atoms with van der Waals surface area (Å²) < 4.78 is 0. The smallest absolute Gasteiger partial charge is 0.154 e. The predicted molar refractivity (Wildman–Crippen MR) is 90.3 cm³/mol. The zero-order valence-corrected chi connectivity index (χ0v) is 13.0. The number of anilines is 1. The topological polar surface area (TPSA) is 24.9 Å². The maximum atomic E-state index is 6.14. The van der Waals surface area contributed by atoms with E-state index in [-0.39, 0.29) is 0 Å². The van der Waals surface area contributed by atoms with Gasteiger partial charge in [-0.1, -0.05) is 59.6 Å². The third-order valence-electron chi connectivity index (χ3n) is 3.42. The molecule has 1 aromatic heterocycles. The van der Waals surface area contributed by atoms with Gasteiger partial charge in [-0.05, 0) is 41.0 Å². The summed E-state index contributed by atoms with van der Waals surface area (Å²) in [6.07, 6.45) is 0. The lowest BCUT2D eigenvalue weighted by atomic mass is 10.1. The van der Waals surface area contributed by atoms with Gasteiger partial charge in [0.2, 0.25) is 0 Å². The van der Waals surface area contributed by atoms with Gasteiger partial charge in [0.15, 0.2) is 5.15 Å². The quantitative estimate of drug-likeness (QED) is 0.649. The number of hydrogen-bond acceptors (Lipinski definition) is 2. The van der Waals surface area contributed by atoms with Crippen LogP contribution in [0.15, 0.2) is 48.5 Å². The summed E-state index contributed by atoms with van der Waals surface area (Å²) in [5.41, 5.74) is 3.01. The van der Waals surface area contributed by atoms with Crippen LogP contribution in [0.2, 0.25) is 10.3 Å². The fourth-order valence-corrected chi connectivity index (χ4v) is 2.95. The Morgan fingerprint density at radius 1 is 1.00 bits per heavy atom. The van der Waals surface area contributed by atoms with Crippen LogP contribution in [0.4, 0.5) is 5.69 Å². The second-order valence-electron chi connectivity index (χ2n) is 4.96. The average Bonchev–Trinajstić information content (AvgIpc) is 2.46. The Kier molecular flexibility index (Phi) is 4.00. The van der Waals surface area contributed by atoms with Gasteiger partial charge in [-0.2, -0.15) is 0 Å². The molecule has 0 radical (unpaired) electrons. The number of aryl methyl sites for hydroxylation is 1. The van der Waals surface area contributed by atoms with Crippen LogP contribution in [0.25, 0.3) is 10.8 Å². The van der Waals surface area contributed by atoms with Gasteiger partial charge in [0, 0.05) is 6.54 Å². The fourth-order valence-electron chi connectivity index (χ4n) is 2.35. The molecule has 0 aliphatic carbocycles. The van der Waals surface area contributed by atoms with Crippen molar-refractivity contribution in [2.75, 3.05) is 5.32 Å². The molecule has 21 heavy (non-hydrogen) atoms. The highest BCUT2D eigenvalue weighted by molar-refractivity contribution is 6.34. The monoisotopic (exact) mass is 316 g/mol. The van der Waals surface area contributed by atoms with Gasteiger partial charge in [0.25, 0.3) is 0 Å². The molecule has 2 nitrogen and oxygen atoms in total. The molecule has 1 N–H and O–H groups in total. The van der Waals surface area contributed by atoms with Crippen LogP contribution in [-0.2, 0) is 6.54 Å².